The summed E-state index contributed by atoms with van der Waals surface area (Å²) in [6, 6.07) is 11.6. The first-order valence-electron chi connectivity index (χ1n) is 8.32. The number of nitrogens with zero attached hydrogens (tertiary/aromatic N) is 5. The third-order valence-electron chi connectivity index (χ3n) is 4.01. The molecule has 26 heavy (non-hydrogen) atoms. The quantitative estimate of drug-likeness (QED) is 0.738. The SMILES string of the molecule is O=C(Cn1nnc(-c2cccs2)n1)Nc1ccc(N2CCOCC2)cc1. The molecule has 2 aromatic heterocycles. The molecule has 0 unspecified atom stereocenters. The fourth-order valence-electron chi connectivity index (χ4n) is 2.72. The van der Waals surface area contributed by atoms with E-state index in [1.807, 2.05) is 41.8 Å². The van der Waals surface area contributed by atoms with Crippen molar-refractivity contribution in [2.24, 2.45) is 0 Å². The Bertz CT molecular complexity index is 856. The molecule has 1 aliphatic heterocycles. The molecule has 0 bridgehead atoms. The van der Waals surface area contributed by atoms with Gasteiger partial charge in [-0.2, -0.15) is 4.80 Å². The van der Waals surface area contributed by atoms with Gasteiger partial charge in [0.25, 0.3) is 0 Å². The molecule has 3 aromatic rings. The molecule has 1 aliphatic rings. The molecule has 1 amide bonds. The Morgan fingerprint density at radius 1 is 1.19 bits per heavy atom. The van der Waals surface area contributed by atoms with Gasteiger partial charge in [0.15, 0.2) is 0 Å². The van der Waals surface area contributed by atoms with Crippen LogP contribution >= 0.6 is 11.3 Å². The molecule has 1 N–H and O–H groups in total. The number of aromatic nitrogens is 4. The van der Waals surface area contributed by atoms with Crippen molar-refractivity contribution < 1.29 is 9.53 Å². The summed E-state index contributed by atoms with van der Waals surface area (Å²) >= 11 is 1.53. The fourth-order valence-corrected chi connectivity index (χ4v) is 3.37. The first-order valence-corrected chi connectivity index (χ1v) is 9.20. The number of rotatable bonds is 5. The minimum Gasteiger partial charge on any atom is -0.378 e. The van der Waals surface area contributed by atoms with E-state index in [2.05, 4.69) is 25.6 Å². The predicted octanol–water partition coefficient (Wildman–Crippen LogP) is 1.88. The topological polar surface area (TPSA) is 85.2 Å². The molecule has 1 aromatic carbocycles. The highest BCUT2D eigenvalue weighted by Gasteiger charge is 2.12. The fraction of sp³-hybridized carbons (Fsp3) is 0.294. The highest BCUT2D eigenvalue weighted by molar-refractivity contribution is 7.13. The minimum absolute atomic E-state index is 0.0175. The molecule has 134 valence electrons. The molecule has 3 heterocycles. The van der Waals surface area contributed by atoms with Gasteiger partial charge in [0.1, 0.15) is 6.54 Å². The summed E-state index contributed by atoms with van der Waals surface area (Å²) in [5, 5.41) is 16.9. The Labute approximate surface area is 154 Å². The molecule has 1 saturated heterocycles. The van der Waals surface area contributed by atoms with E-state index in [4.69, 9.17) is 4.74 Å². The van der Waals surface area contributed by atoms with E-state index in [0.29, 0.717) is 5.82 Å². The molecular formula is C17H18N6O2S. The van der Waals surface area contributed by atoms with Crippen molar-refractivity contribution in [3.05, 3.63) is 41.8 Å². The summed E-state index contributed by atoms with van der Waals surface area (Å²) in [6.45, 7) is 3.28. The van der Waals surface area contributed by atoms with E-state index in [-0.39, 0.29) is 12.5 Å². The third-order valence-corrected chi connectivity index (χ3v) is 4.87. The van der Waals surface area contributed by atoms with Gasteiger partial charge in [-0.25, -0.2) is 0 Å². The highest BCUT2D eigenvalue weighted by atomic mass is 32.1. The van der Waals surface area contributed by atoms with E-state index in [0.717, 1.165) is 42.6 Å². The lowest BCUT2D eigenvalue weighted by Gasteiger charge is -2.28. The molecule has 8 nitrogen and oxygen atoms in total. The van der Waals surface area contributed by atoms with Gasteiger partial charge in [-0.15, -0.1) is 21.5 Å². The second-order valence-electron chi connectivity index (χ2n) is 5.82. The van der Waals surface area contributed by atoms with E-state index >= 15 is 0 Å². The zero-order valence-electron chi connectivity index (χ0n) is 14.0. The van der Waals surface area contributed by atoms with Crippen LogP contribution in [0, 0.1) is 0 Å². The molecule has 9 heteroatoms. The largest absolute Gasteiger partial charge is 0.378 e. The Morgan fingerprint density at radius 2 is 2.00 bits per heavy atom. The molecule has 0 radical (unpaired) electrons. The Kier molecular flexibility index (Phi) is 4.89. The standard InChI is InChI=1S/C17H18N6O2S/c24-16(12-23-20-17(19-21-23)15-2-1-11-26-15)18-13-3-5-14(6-4-13)22-7-9-25-10-8-22/h1-6,11H,7-10,12H2,(H,18,24). The number of tetrazole rings is 1. The number of benzene rings is 1. The first kappa shape index (κ1) is 16.7. The summed E-state index contributed by atoms with van der Waals surface area (Å²) in [5.74, 6) is 0.335. The number of thiophene rings is 1. The van der Waals surface area contributed by atoms with E-state index in [1.165, 1.54) is 16.1 Å². The van der Waals surface area contributed by atoms with Crippen LogP contribution in [0.25, 0.3) is 10.7 Å². The Hall–Kier alpha value is -2.78. The van der Waals surface area contributed by atoms with Crippen molar-refractivity contribution in [2.75, 3.05) is 36.5 Å². The average Bonchev–Trinajstić information content (AvgIpc) is 3.35. The van der Waals surface area contributed by atoms with Gasteiger partial charge >= 0.3 is 0 Å². The van der Waals surface area contributed by atoms with Crippen LogP contribution in [-0.2, 0) is 16.1 Å². The summed E-state index contributed by atoms with van der Waals surface area (Å²) < 4.78 is 5.36. The van der Waals surface area contributed by atoms with Gasteiger partial charge < -0.3 is 15.0 Å². The summed E-state index contributed by atoms with van der Waals surface area (Å²) in [4.78, 5) is 16.7. The van der Waals surface area contributed by atoms with Gasteiger partial charge in [-0.05, 0) is 40.9 Å². The Morgan fingerprint density at radius 3 is 2.73 bits per heavy atom. The maximum absolute atomic E-state index is 12.2. The number of anilines is 2. The number of hydrogen-bond donors (Lipinski definition) is 1. The van der Waals surface area contributed by atoms with E-state index in [1.54, 1.807) is 0 Å². The maximum atomic E-state index is 12.2. The summed E-state index contributed by atoms with van der Waals surface area (Å²) in [5.41, 5.74) is 1.87. The third kappa shape index (κ3) is 3.89. The van der Waals surface area contributed by atoms with Crippen molar-refractivity contribution in [1.29, 1.82) is 0 Å². The lowest BCUT2D eigenvalue weighted by molar-refractivity contribution is -0.117. The number of ether oxygens (including phenoxy) is 1. The number of nitrogens with one attached hydrogen (secondary N) is 1. The predicted molar refractivity (Wildman–Crippen MR) is 99.2 cm³/mol. The van der Waals surface area contributed by atoms with Crippen LogP contribution in [0.3, 0.4) is 0 Å². The summed E-state index contributed by atoms with van der Waals surface area (Å²) in [6.07, 6.45) is 0. The van der Waals surface area contributed by atoms with Crippen molar-refractivity contribution in [3.63, 3.8) is 0 Å². The maximum Gasteiger partial charge on any atom is 0.248 e. The van der Waals surface area contributed by atoms with Crippen LogP contribution in [-0.4, -0.2) is 52.4 Å². The van der Waals surface area contributed by atoms with Crippen LogP contribution in [0.1, 0.15) is 0 Å². The smallest absolute Gasteiger partial charge is 0.248 e. The molecule has 0 saturated carbocycles. The number of carbonyl (C=O) groups is 1. The van der Waals surface area contributed by atoms with Gasteiger partial charge in [-0.3, -0.25) is 4.79 Å². The van der Waals surface area contributed by atoms with Gasteiger partial charge in [0.05, 0.1) is 18.1 Å². The van der Waals surface area contributed by atoms with Crippen LogP contribution in [0.2, 0.25) is 0 Å². The van der Waals surface area contributed by atoms with Crippen molar-refractivity contribution in [2.45, 2.75) is 6.54 Å². The number of amides is 1. The summed E-state index contributed by atoms with van der Waals surface area (Å²) in [7, 11) is 0. The second-order valence-corrected chi connectivity index (χ2v) is 6.76. The molecule has 4 rings (SSSR count). The van der Waals surface area contributed by atoms with Crippen molar-refractivity contribution in [3.8, 4) is 10.7 Å². The molecular weight excluding hydrogens is 352 g/mol. The number of morpholine rings is 1. The van der Waals surface area contributed by atoms with E-state index in [9.17, 15) is 4.79 Å². The lowest BCUT2D eigenvalue weighted by Crippen LogP contribution is -2.36. The lowest BCUT2D eigenvalue weighted by atomic mass is 10.2. The van der Waals surface area contributed by atoms with Gasteiger partial charge in [0.2, 0.25) is 11.7 Å². The van der Waals surface area contributed by atoms with Gasteiger partial charge in [-0.1, -0.05) is 6.07 Å². The first-order chi connectivity index (χ1) is 12.8. The van der Waals surface area contributed by atoms with E-state index < -0.39 is 0 Å². The van der Waals surface area contributed by atoms with Crippen molar-refractivity contribution >= 4 is 28.6 Å². The molecule has 0 spiro atoms. The molecule has 0 atom stereocenters. The number of hydrogen-bond acceptors (Lipinski definition) is 7. The van der Waals surface area contributed by atoms with Gasteiger partial charge in [0, 0.05) is 24.5 Å². The monoisotopic (exact) mass is 370 g/mol. The zero-order valence-corrected chi connectivity index (χ0v) is 14.9. The normalized spacial score (nSPS) is 14.4. The van der Waals surface area contributed by atoms with Crippen molar-refractivity contribution in [1.82, 2.24) is 20.2 Å². The Balaban J connectivity index is 1.34. The highest BCUT2D eigenvalue weighted by Crippen LogP contribution is 2.20. The van der Waals surface area contributed by atoms with Crippen LogP contribution < -0.4 is 10.2 Å². The van der Waals surface area contributed by atoms with Crippen LogP contribution in [0.5, 0.6) is 0 Å². The van der Waals surface area contributed by atoms with Crippen LogP contribution in [0.4, 0.5) is 11.4 Å². The average molecular weight is 370 g/mol. The number of carbonyl (C=O) groups excluding carboxylic acids is 1. The molecule has 1 fully saturated rings. The second kappa shape index (κ2) is 7.63. The minimum atomic E-state index is -0.195. The zero-order chi connectivity index (χ0) is 17.8. The molecule has 0 aliphatic carbocycles. The van der Waals surface area contributed by atoms with Crippen LogP contribution in [0.15, 0.2) is 41.8 Å².